The predicted molar refractivity (Wildman–Crippen MR) is 80.8 cm³/mol. The van der Waals surface area contributed by atoms with Gasteiger partial charge in [-0.2, -0.15) is 0 Å². The number of carboxylic acid groups (broad SMARTS) is 1. The molecule has 2 N–H and O–H groups in total. The Morgan fingerprint density at radius 2 is 1.68 bits per heavy atom. The minimum atomic E-state index is -0.834. The molecule has 0 aromatic heterocycles. The zero-order chi connectivity index (χ0) is 16.0. The second kappa shape index (κ2) is 7.38. The van der Waals surface area contributed by atoms with E-state index < -0.39 is 11.5 Å². The van der Waals surface area contributed by atoms with E-state index in [2.05, 4.69) is 5.32 Å². The zero-order valence-electron chi connectivity index (χ0n) is 12.6. The maximum absolute atomic E-state index is 13.1. The lowest BCUT2D eigenvalue weighted by Crippen LogP contribution is -2.43. The number of unbranched alkanes of at least 4 members (excludes halogenated alkanes) is 1. The fourth-order valence-electron chi connectivity index (χ4n) is 3.12. The van der Waals surface area contributed by atoms with Crippen LogP contribution in [0.15, 0.2) is 24.3 Å². The Bertz CT molecular complexity index is 521. The minimum Gasteiger partial charge on any atom is -0.481 e. The summed E-state index contributed by atoms with van der Waals surface area (Å²) in [6.07, 6.45) is 5.29. The molecule has 1 saturated carbocycles. The van der Waals surface area contributed by atoms with Gasteiger partial charge in [0, 0.05) is 12.8 Å². The number of aliphatic carboxylic acids is 1. The van der Waals surface area contributed by atoms with Crippen LogP contribution in [0.1, 0.15) is 56.9 Å². The fourth-order valence-corrected chi connectivity index (χ4v) is 3.12. The largest absolute Gasteiger partial charge is 0.481 e. The molecule has 0 heterocycles. The first-order valence-corrected chi connectivity index (χ1v) is 7.81. The van der Waals surface area contributed by atoms with Gasteiger partial charge < -0.3 is 10.4 Å². The van der Waals surface area contributed by atoms with Crippen molar-refractivity contribution in [1.82, 2.24) is 5.32 Å². The van der Waals surface area contributed by atoms with Gasteiger partial charge in [0.25, 0.3) is 0 Å². The normalized spacial score (nSPS) is 16.4. The maximum Gasteiger partial charge on any atom is 0.303 e. The van der Waals surface area contributed by atoms with E-state index in [0.717, 1.165) is 31.2 Å². The first-order chi connectivity index (χ1) is 10.5. The first kappa shape index (κ1) is 16.5. The molecule has 1 fully saturated rings. The van der Waals surface area contributed by atoms with Crippen LogP contribution in [0.5, 0.6) is 0 Å². The van der Waals surface area contributed by atoms with Crippen LogP contribution < -0.4 is 5.32 Å². The van der Waals surface area contributed by atoms with E-state index in [0.29, 0.717) is 19.3 Å². The molecule has 4 nitrogen and oxygen atoms in total. The predicted octanol–water partition coefficient (Wildman–Crippen LogP) is 3.36. The van der Waals surface area contributed by atoms with Gasteiger partial charge in [0.2, 0.25) is 5.91 Å². The number of hydrogen-bond acceptors (Lipinski definition) is 2. The number of amides is 1. The van der Waals surface area contributed by atoms with E-state index in [4.69, 9.17) is 5.11 Å². The summed E-state index contributed by atoms with van der Waals surface area (Å²) in [6, 6.07) is 6.33. The highest BCUT2D eigenvalue weighted by atomic mass is 19.1. The third-order valence-electron chi connectivity index (χ3n) is 4.28. The molecule has 0 aliphatic heterocycles. The summed E-state index contributed by atoms with van der Waals surface area (Å²) in [5.41, 5.74) is 0.558. The third-order valence-corrected chi connectivity index (χ3v) is 4.28. The average Bonchev–Trinajstić information content (AvgIpc) is 2.93. The van der Waals surface area contributed by atoms with Crippen LogP contribution in [0.2, 0.25) is 0 Å². The van der Waals surface area contributed by atoms with Gasteiger partial charge >= 0.3 is 5.97 Å². The summed E-state index contributed by atoms with van der Waals surface area (Å²) in [6.45, 7) is 0. The van der Waals surface area contributed by atoms with E-state index in [1.165, 1.54) is 12.1 Å². The van der Waals surface area contributed by atoms with Crippen LogP contribution >= 0.6 is 0 Å². The van der Waals surface area contributed by atoms with Crippen molar-refractivity contribution in [2.45, 2.75) is 56.9 Å². The Kier molecular flexibility index (Phi) is 5.52. The van der Waals surface area contributed by atoms with E-state index in [-0.39, 0.29) is 18.1 Å². The molecule has 1 aromatic rings. The molecule has 5 heteroatoms. The molecule has 0 saturated heterocycles. The van der Waals surface area contributed by atoms with Gasteiger partial charge in [0.15, 0.2) is 0 Å². The van der Waals surface area contributed by atoms with Crippen molar-refractivity contribution in [2.75, 3.05) is 0 Å². The number of halogens is 1. The molecule has 0 atom stereocenters. The van der Waals surface area contributed by atoms with Gasteiger partial charge in [0.1, 0.15) is 5.82 Å². The van der Waals surface area contributed by atoms with E-state index in [1.54, 1.807) is 12.1 Å². The Hall–Kier alpha value is -1.91. The summed E-state index contributed by atoms with van der Waals surface area (Å²) < 4.78 is 13.1. The van der Waals surface area contributed by atoms with Gasteiger partial charge in [-0.3, -0.25) is 9.59 Å². The number of nitrogens with one attached hydrogen (secondary N) is 1. The Labute approximate surface area is 129 Å². The number of rotatable bonds is 7. The molecule has 1 aliphatic carbocycles. The van der Waals surface area contributed by atoms with Crippen molar-refractivity contribution < 1.29 is 19.1 Å². The summed E-state index contributed by atoms with van der Waals surface area (Å²) in [5, 5.41) is 11.7. The summed E-state index contributed by atoms with van der Waals surface area (Å²) in [7, 11) is 0. The van der Waals surface area contributed by atoms with E-state index in [1.807, 2.05) is 0 Å². The van der Waals surface area contributed by atoms with Crippen molar-refractivity contribution in [3.05, 3.63) is 35.6 Å². The van der Waals surface area contributed by atoms with Crippen LogP contribution in [0, 0.1) is 5.82 Å². The zero-order valence-corrected chi connectivity index (χ0v) is 12.6. The van der Waals surface area contributed by atoms with Crippen LogP contribution in [-0.4, -0.2) is 17.0 Å². The fraction of sp³-hybridized carbons (Fsp3) is 0.529. The molecule has 1 aliphatic rings. The number of carbonyl (C=O) groups is 2. The highest BCUT2D eigenvalue weighted by Crippen LogP contribution is 2.38. The van der Waals surface area contributed by atoms with Crippen LogP contribution in [0.4, 0.5) is 4.39 Å². The molecule has 1 aromatic carbocycles. The lowest BCUT2D eigenvalue weighted by Gasteiger charge is -2.31. The Balaban J connectivity index is 1.95. The number of hydrogen-bond donors (Lipinski definition) is 2. The van der Waals surface area contributed by atoms with Gasteiger partial charge in [-0.1, -0.05) is 25.0 Å². The van der Waals surface area contributed by atoms with Crippen molar-refractivity contribution in [3.8, 4) is 0 Å². The van der Waals surface area contributed by atoms with E-state index in [9.17, 15) is 14.0 Å². The molecular weight excluding hydrogens is 285 g/mol. The molecule has 1 amide bonds. The van der Waals surface area contributed by atoms with Crippen LogP contribution in [0.25, 0.3) is 0 Å². The molecule has 2 rings (SSSR count). The standard InChI is InChI=1S/C17H22FNO3/c18-14-9-7-13(8-10-14)17(11-3-4-12-17)19-15(20)5-1-2-6-16(21)22/h7-10H,1-6,11-12H2,(H,19,20)(H,21,22). The smallest absolute Gasteiger partial charge is 0.303 e. The highest BCUT2D eigenvalue weighted by molar-refractivity contribution is 5.77. The van der Waals surface area contributed by atoms with E-state index >= 15 is 0 Å². The van der Waals surface area contributed by atoms with Crippen LogP contribution in [-0.2, 0) is 15.1 Å². The van der Waals surface area contributed by atoms with Gasteiger partial charge in [-0.05, 0) is 43.4 Å². The Morgan fingerprint density at radius 1 is 1.09 bits per heavy atom. The average molecular weight is 307 g/mol. The lowest BCUT2D eigenvalue weighted by atomic mass is 9.88. The van der Waals surface area contributed by atoms with Gasteiger partial charge in [-0.25, -0.2) is 4.39 Å². The molecule has 22 heavy (non-hydrogen) atoms. The summed E-state index contributed by atoms with van der Waals surface area (Å²) in [4.78, 5) is 22.6. The number of carbonyl (C=O) groups excluding carboxylic acids is 1. The first-order valence-electron chi connectivity index (χ1n) is 7.81. The van der Waals surface area contributed by atoms with Crippen molar-refractivity contribution in [2.24, 2.45) is 0 Å². The molecule has 0 radical (unpaired) electrons. The Morgan fingerprint density at radius 3 is 2.27 bits per heavy atom. The highest BCUT2D eigenvalue weighted by Gasteiger charge is 2.36. The second-order valence-electron chi connectivity index (χ2n) is 5.95. The summed E-state index contributed by atoms with van der Waals surface area (Å²) in [5.74, 6) is -1.17. The van der Waals surface area contributed by atoms with Crippen LogP contribution in [0.3, 0.4) is 0 Å². The van der Waals surface area contributed by atoms with Crippen molar-refractivity contribution >= 4 is 11.9 Å². The van der Waals surface area contributed by atoms with Crippen molar-refractivity contribution in [1.29, 1.82) is 0 Å². The molecule has 120 valence electrons. The monoisotopic (exact) mass is 307 g/mol. The maximum atomic E-state index is 13.1. The quantitative estimate of drug-likeness (QED) is 0.759. The minimum absolute atomic E-state index is 0.0587. The molecular formula is C17H22FNO3. The molecule has 0 unspecified atom stereocenters. The third kappa shape index (κ3) is 4.29. The topological polar surface area (TPSA) is 66.4 Å². The van der Waals surface area contributed by atoms with Crippen molar-refractivity contribution in [3.63, 3.8) is 0 Å². The number of benzene rings is 1. The molecule has 0 spiro atoms. The second-order valence-corrected chi connectivity index (χ2v) is 5.95. The number of carboxylic acids is 1. The van der Waals surface area contributed by atoms with Gasteiger partial charge in [-0.15, -0.1) is 0 Å². The SMILES string of the molecule is O=C(O)CCCCC(=O)NC1(c2ccc(F)cc2)CCCC1. The van der Waals surface area contributed by atoms with Gasteiger partial charge in [0.05, 0.1) is 5.54 Å². The lowest BCUT2D eigenvalue weighted by molar-refractivity contribution is -0.137. The molecule has 0 bridgehead atoms. The summed E-state index contributed by atoms with van der Waals surface area (Å²) >= 11 is 0.